The summed E-state index contributed by atoms with van der Waals surface area (Å²) in [5.74, 6) is -2.98. The molecule has 0 radical (unpaired) electrons. The van der Waals surface area contributed by atoms with Gasteiger partial charge in [-0.2, -0.15) is 0 Å². The van der Waals surface area contributed by atoms with E-state index in [0.29, 0.717) is 78.3 Å². The van der Waals surface area contributed by atoms with Crippen LogP contribution in [0.25, 0.3) is 0 Å². The molecule has 2 aliphatic rings. The van der Waals surface area contributed by atoms with Crippen LogP contribution in [0, 0.1) is 0 Å². The van der Waals surface area contributed by atoms with Crippen molar-refractivity contribution in [2.75, 3.05) is 125 Å². The number of carboxylic acid groups (broad SMARTS) is 1. The third kappa shape index (κ3) is 28.5. The second-order valence-electron chi connectivity index (χ2n) is 21.5. The van der Waals surface area contributed by atoms with Gasteiger partial charge in [0.15, 0.2) is 0 Å². The maximum absolute atomic E-state index is 14.1. The molecule has 68 heavy (non-hydrogen) atoms. The molecule has 392 valence electrons. The van der Waals surface area contributed by atoms with E-state index < -0.39 is 28.4 Å². The molecule has 1 N–H and O–H groups in total. The molecule has 20 nitrogen and oxygen atoms in total. The molecule has 0 aliphatic carbocycles. The van der Waals surface area contributed by atoms with Gasteiger partial charge in [-0.05, 0) is 95.9 Å². The lowest BCUT2D eigenvalue weighted by Gasteiger charge is -2.39. The number of aliphatic carboxylic acids is 1. The molecule has 0 aromatic heterocycles. The predicted molar refractivity (Wildman–Crippen MR) is 254 cm³/mol. The van der Waals surface area contributed by atoms with Crippen LogP contribution in [-0.4, -0.2) is 229 Å². The second kappa shape index (κ2) is 28.6. The van der Waals surface area contributed by atoms with Crippen molar-refractivity contribution < 1.29 is 67.1 Å². The van der Waals surface area contributed by atoms with E-state index in [4.69, 9.17) is 28.4 Å². The number of hydrogen-bond acceptors (Lipinski definition) is 17. The van der Waals surface area contributed by atoms with E-state index in [2.05, 4.69) is 0 Å². The molecule has 0 bridgehead atoms. The Bertz CT molecular complexity index is 1560. The predicted octanol–water partition coefficient (Wildman–Crippen LogP) is 2.68. The first kappa shape index (κ1) is 60.2. The smallest absolute Gasteiger partial charge is 0.320 e. The van der Waals surface area contributed by atoms with Crippen molar-refractivity contribution in [3.8, 4) is 0 Å². The number of ether oxygens (including phenoxy) is 6. The largest absolute Gasteiger partial charge is 0.481 e. The molecule has 2 fully saturated rings. The third-order valence-corrected chi connectivity index (χ3v) is 10.5. The fourth-order valence-electron chi connectivity index (χ4n) is 7.50. The van der Waals surface area contributed by atoms with Crippen LogP contribution in [0.2, 0.25) is 0 Å². The number of carboxylic acids is 1. The zero-order chi connectivity index (χ0) is 51.3. The molecule has 20 heteroatoms. The van der Waals surface area contributed by atoms with Gasteiger partial charge >= 0.3 is 29.8 Å². The van der Waals surface area contributed by atoms with Crippen molar-refractivity contribution >= 4 is 41.7 Å². The molecule has 0 unspecified atom stereocenters. The van der Waals surface area contributed by atoms with Gasteiger partial charge in [-0.25, -0.2) is 0 Å². The Labute approximate surface area is 405 Å². The Morgan fingerprint density at radius 1 is 0.456 bits per heavy atom. The molecule has 0 aromatic carbocycles. The van der Waals surface area contributed by atoms with Crippen LogP contribution >= 0.6 is 0 Å². The van der Waals surface area contributed by atoms with Gasteiger partial charge in [0.2, 0.25) is 11.8 Å². The van der Waals surface area contributed by atoms with E-state index in [9.17, 15) is 38.7 Å². The van der Waals surface area contributed by atoms with E-state index in [0.717, 1.165) is 0 Å². The van der Waals surface area contributed by atoms with Crippen LogP contribution in [0.1, 0.15) is 115 Å². The number of nitrogens with zero attached hydrogens (tertiary/aromatic N) is 6. The molecular formula is C48H86N6O14. The molecule has 0 spiro atoms. The van der Waals surface area contributed by atoms with Gasteiger partial charge < -0.3 is 43.3 Å². The zero-order valence-electron chi connectivity index (χ0n) is 43.5. The standard InChI is InChI=1S/C48H86N6O14/c1-45(2,3)65-41(59)17-29-63-31-32-64-30-28-54(38(55)13-14-40(57)58)37-15-18-53(19-16-37)39(56)33-49-20-22-50(34-42(60)66-46(4,5)6)24-26-52(36-44(62)68-48(10,11)12)27-25-51(23-21-49)35-43(61)67-47(7,8)9/h37H,13-36H2,1-12H3,(H,57,58). The Morgan fingerprint density at radius 3 is 1.18 bits per heavy atom. The Kier molecular flexibility index (Phi) is 25.4. The quantitative estimate of drug-likeness (QED) is 0.0995. The summed E-state index contributed by atoms with van der Waals surface area (Å²) >= 11 is 0. The molecule has 2 amide bonds. The summed E-state index contributed by atoms with van der Waals surface area (Å²) in [6.07, 6.45) is 0.638. The minimum absolute atomic E-state index is 0.00791. The van der Waals surface area contributed by atoms with Gasteiger partial charge in [0.25, 0.3) is 0 Å². The highest BCUT2D eigenvalue weighted by molar-refractivity contribution is 5.81. The van der Waals surface area contributed by atoms with Crippen LogP contribution < -0.4 is 0 Å². The summed E-state index contributed by atoms with van der Waals surface area (Å²) in [5, 5.41) is 9.29. The monoisotopic (exact) mass is 971 g/mol. The lowest BCUT2D eigenvalue weighted by Crippen LogP contribution is -2.53. The van der Waals surface area contributed by atoms with Gasteiger partial charge in [-0.3, -0.25) is 53.2 Å². The summed E-state index contributed by atoms with van der Waals surface area (Å²) in [7, 11) is 0. The Balaban J connectivity index is 2.18. The maximum Gasteiger partial charge on any atom is 0.320 e. The van der Waals surface area contributed by atoms with Crippen molar-refractivity contribution in [3.63, 3.8) is 0 Å². The number of carbonyl (C=O) groups excluding carboxylic acids is 6. The van der Waals surface area contributed by atoms with E-state index in [1.807, 2.05) is 81.9 Å². The number of esters is 4. The highest BCUT2D eigenvalue weighted by Crippen LogP contribution is 2.19. The summed E-state index contributed by atoms with van der Waals surface area (Å²) in [4.78, 5) is 101. The number of piperidine rings is 1. The lowest BCUT2D eigenvalue weighted by atomic mass is 10.0. The Hall–Kier alpha value is -3.95. The molecule has 0 aromatic rings. The van der Waals surface area contributed by atoms with Gasteiger partial charge in [0.05, 0.1) is 65.4 Å². The fourth-order valence-corrected chi connectivity index (χ4v) is 7.50. The number of likely N-dealkylation sites (tertiary alicyclic amines) is 1. The Morgan fingerprint density at radius 2 is 0.809 bits per heavy atom. The first-order chi connectivity index (χ1) is 31.5. The number of hydrogen-bond donors (Lipinski definition) is 1. The molecule has 2 rings (SSSR count). The zero-order valence-corrected chi connectivity index (χ0v) is 43.5. The first-order valence-electron chi connectivity index (χ1n) is 24.2. The summed E-state index contributed by atoms with van der Waals surface area (Å²) in [5.41, 5.74) is -2.62. The van der Waals surface area contributed by atoms with Crippen molar-refractivity contribution in [1.29, 1.82) is 0 Å². The van der Waals surface area contributed by atoms with E-state index in [1.165, 1.54) is 0 Å². The number of amides is 2. The topological polar surface area (TPSA) is 215 Å². The molecule has 2 heterocycles. The van der Waals surface area contributed by atoms with Crippen molar-refractivity contribution in [2.24, 2.45) is 0 Å². The highest BCUT2D eigenvalue weighted by atomic mass is 16.6. The van der Waals surface area contributed by atoms with E-state index in [-0.39, 0.29) is 120 Å². The van der Waals surface area contributed by atoms with Crippen LogP contribution in [0.4, 0.5) is 0 Å². The van der Waals surface area contributed by atoms with Crippen molar-refractivity contribution in [2.45, 2.75) is 144 Å². The molecule has 0 saturated carbocycles. The lowest BCUT2D eigenvalue weighted by molar-refractivity contribution is -0.158. The SMILES string of the molecule is CC(C)(C)OC(=O)CCOCCOCCN(C(=O)CCC(=O)O)C1CCN(C(=O)CN2CCN(CC(=O)OC(C)(C)C)CCN(CC(=O)OC(C)(C)C)CCN(CC(=O)OC(C)(C)C)CC2)CC1. The van der Waals surface area contributed by atoms with E-state index in [1.54, 1.807) is 30.6 Å². The maximum atomic E-state index is 14.1. The highest BCUT2D eigenvalue weighted by Gasteiger charge is 2.32. The minimum atomic E-state index is -1.07. The minimum Gasteiger partial charge on any atom is -0.481 e. The molecular weight excluding hydrogens is 885 g/mol. The summed E-state index contributed by atoms with van der Waals surface area (Å²) in [6, 6.07) is -0.228. The van der Waals surface area contributed by atoms with Gasteiger partial charge in [-0.15, -0.1) is 0 Å². The van der Waals surface area contributed by atoms with E-state index >= 15 is 0 Å². The first-order valence-corrected chi connectivity index (χ1v) is 24.2. The second-order valence-corrected chi connectivity index (χ2v) is 21.5. The van der Waals surface area contributed by atoms with Gasteiger partial charge in [-0.1, -0.05) is 0 Å². The van der Waals surface area contributed by atoms with Crippen molar-refractivity contribution in [3.05, 3.63) is 0 Å². The molecule has 2 saturated heterocycles. The summed E-state index contributed by atoms with van der Waals surface area (Å²) in [6.45, 7) is 27.0. The fraction of sp³-hybridized carbons (Fsp3) is 0.854. The number of carbonyl (C=O) groups is 7. The number of rotatable bonds is 21. The van der Waals surface area contributed by atoms with Gasteiger partial charge in [0, 0.05) is 84.5 Å². The molecule has 2 aliphatic heterocycles. The summed E-state index contributed by atoms with van der Waals surface area (Å²) < 4.78 is 33.5. The van der Waals surface area contributed by atoms with Crippen LogP contribution in [0.3, 0.4) is 0 Å². The van der Waals surface area contributed by atoms with Crippen molar-refractivity contribution in [1.82, 2.24) is 29.4 Å². The normalized spacial score (nSPS) is 17.4. The van der Waals surface area contributed by atoms with Crippen LogP contribution in [-0.2, 0) is 62.0 Å². The molecule has 0 atom stereocenters. The van der Waals surface area contributed by atoms with Crippen LogP contribution in [0.5, 0.6) is 0 Å². The van der Waals surface area contributed by atoms with Crippen LogP contribution in [0.15, 0.2) is 0 Å². The average molecular weight is 971 g/mol. The third-order valence-electron chi connectivity index (χ3n) is 10.5. The van der Waals surface area contributed by atoms with Gasteiger partial charge in [0.1, 0.15) is 22.4 Å². The average Bonchev–Trinajstić information content (AvgIpc) is 3.17.